The molecule has 0 radical (unpaired) electrons. The van der Waals surface area contributed by atoms with E-state index in [9.17, 15) is 24.3 Å². The minimum Gasteiger partial charge on any atom is -0.461 e. The van der Waals surface area contributed by atoms with Crippen LogP contribution in [0.1, 0.15) is 40.0 Å². The van der Waals surface area contributed by atoms with E-state index in [-0.39, 0.29) is 45.2 Å². The zero-order valence-corrected chi connectivity index (χ0v) is 20.1. The Morgan fingerprint density at radius 3 is 1.44 bits per heavy atom. The maximum Gasteiger partial charge on any atom is 0.293 e. The Bertz CT molecular complexity index is 736. The summed E-state index contributed by atoms with van der Waals surface area (Å²) >= 11 is 0. The summed E-state index contributed by atoms with van der Waals surface area (Å²) in [5, 5.41) is 9.82. The van der Waals surface area contributed by atoms with Gasteiger partial charge >= 0.3 is 0 Å². The number of hydrogen-bond donors (Lipinski definition) is 1. The molecule has 0 amide bonds. The standard InChI is InChI=1S/C22H32O14/c1-11-20(31-10-26)15(29-8-24)5-18(33-11)36-22-13(3)34-19(6-16(22)30-9-25)35-21-12(2)32-17(27)4-14(21)28-7-23/h7-22,27H,4-6H2,1-3H3/t11-,12-,13-,14+,15+,16+,17-,18+,19+,20-,21-,22-/m1/s1. The van der Waals surface area contributed by atoms with Crippen LogP contribution >= 0.6 is 0 Å². The van der Waals surface area contributed by atoms with Crippen molar-refractivity contribution in [2.45, 2.75) is 114 Å². The van der Waals surface area contributed by atoms with Crippen LogP contribution in [0.2, 0.25) is 0 Å². The second kappa shape index (κ2) is 13.3. The maximum absolute atomic E-state index is 11.2. The number of carbonyl (C=O) groups excluding carboxylic acids is 4. The minimum atomic E-state index is -1.11. The molecule has 3 saturated heterocycles. The predicted molar refractivity (Wildman–Crippen MR) is 113 cm³/mol. The van der Waals surface area contributed by atoms with E-state index in [0.29, 0.717) is 0 Å². The first-order chi connectivity index (χ1) is 17.3. The lowest BCUT2D eigenvalue weighted by Gasteiger charge is -2.45. The molecule has 0 aromatic heterocycles. The average molecular weight is 520 g/mol. The number of ether oxygens (including phenoxy) is 9. The lowest BCUT2D eigenvalue weighted by molar-refractivity contribution is -0.331. The lowest BCUT2D eigenvalue weighted by atomic mass is 9.99. The van der Waals surface area contributed by atoms with Crippen molar-refractivity contribution in [1.82, 2.24) is 0 Å². The van der Waals surface area contributed by atoms with Gasteiger partial charge in [0.15, 0.2) is 25.0 Å². The molecule has 12 atom stereocenters. The van der Waals surface area contributed by atoms with Crippen LogP contribution in [0.15, 0.2) is 0 Å². The highest BCUT2D eigenvalue weighted by molar-refractivity contribution is 5.40. The molecule has 0 spiro atoms. The third kappa shape index (κ3) is 6.89. The molecule has 3 rings (SSSR count). The molecule has 3 aliphatic heterocycles. The van der Waals surface area contributed by atoms with Gasteiger partial charge in [0.25, 0.3) is 25.9 Å². The van der Waals surface area contributed by atoms with E-state index >= 15 is 0 Å². The summed E-state index contributed by atoms with van der Waals surface area (Å²) in [6, 6.07) is 0. The average Bonchev–Trinajstić information content (AvgIpc) is 2.81. The molecule has 0 aliphatic carbocycles. The highest BCUT2D eigenvalue weighted by Crippen LogP contribution is 2.33. The summed E-state index contributed by atoms with van der Waals surface area (Å²) < 4.78 is 49.6. The van der Waals surface area contributed by atoms with Gasteiger partial charge in [-0.15, -0.1) is 0 Å². The van der Waals surface area contributed by atoms with Gasteiger partial charge in [-0.2, -0.15) is 0 Å². The van der Waals surface area contributed by atoms with Gasteiger partial charge in [-0.1, -0.05) is 0 Å². The SMILES string of the molecule is C[C@H]1O[C@@H](O[C@H]2[C@@H](OC=O)C[C@H](O[C@H]3[C@@H](OC=O)C[C@H](O)O[C@@H]3C)O[C@@H]2C)C[C@H](OC=O)[C@@H]1OC=O. The highest BCUT2D eigenvalue weighted by Gasteiger charge is 2.47. The van der Waals surface area contributed by atoms with E-state index in [1.165, 1.54) is 0 Å². The number of aliphatic hydroxyl groups is 1. The van der Waals surface area contributed by atoms with Crippen LogP contribution in [-0.4, -0.2) is 105 Å². The van der Waals surface area contributed by atoms with Gasteiger partial charge in [0.2, 0.25) is 0 Å². The van der Waals surface area contributed by atoms with E-state index in [4.69, 9.17) is 42.6 Å². The first kappa shape index (κ1) is 28.2. The second-order valence-electron chi connectivity index (χ2n) is 8.76. The van der Waals surface area contributed by atoms with Crippen LogP contribution in [0.4, 0.5) is 0 Å². The minimum absolute atomic E-state index is 0.0199. The molecule has 3 aliphatic rings. The van der Waals surface area contributed by atoms with E-state index in [2.05, 4.69) is 0 Å². The Kier molecular flexibility index (Phi) is 10.4. The molecule has 14 heteroatoms. The summed E-state index contributed by atoms with van der Waals surface area (Å²) in [5.74, 6) is 0. The molecule has 0 aromatic rings. The van der Waals surface area contributed by atoms with Crippen molar-refractivity contribution in [3.63, 3.8) is 0 Å². The molecule has 0 aromatic carbocycles. The zero-order chi connectivity index (χ0) is 26.2. The Morgan fingerprint density at radius 2 is 0.972 bits per heavy atom. The highest BCUT2D eigenvalue weighted by atomic mass is 16.7. The Balaban J connectivity index is 1.66. The topological polar surface area (TPSA) is 172 Å². The molecule has 3 fully saturated rings. The molecular formula is C22H32O14. The molecule has 204 valence electrons. The number of carbonyl (C=O) groups is 4. The van der Waals surface area contributed by atoms with Gasteiger partial charge in [0.05, 0.1) is 18.3 Å². The van der Waals surface area contributed by atoms with Crippen LogP contribution in [-0.2, 0) is 61.8 Å². The summed E-state index contributed by atoms with van der Waals surface area (Å²) in [7, 11) is 0. The largest absolute Gasteiger partial charge is 0.461 e. The smallest absolute Gasteiger partial charge is 0.293 e. The first-order valence-corrected chi connectivity index (χ1v) is 11.6. The number of hydrogen-bond acceptors (Lipinski definition) is 14. The molecule has 3 heterocycles. The van der Waals surface area contributed by atoms with Crippen LogP contribution < -0.4 is 0 Å². The van der Waals surface area contributed by atoms with Crippen molar-refractivity contribution in [3.8, 4) is 0 Å². The first-order valence-electron chi connectivity index (χ1n) is 11.6. The van der Waals surface area contributed by atoms with Gasteiger partial charge in [-0.3, -0.25) is 19.2 Å². The van der Waals surface area contributed by atoms with E-state index in [0.717, 1.165) is 0 Å². The quantitative estimate of drug-likeness (QED) is 0.253. The van der Waals surface area contributed by atoms with Crippen molar-refractivity contribution < 1.29 is 66.9 Å². The van der Waals surface area contributed by atoms with Gasteiger partial charge in [-0.05, 0) is 20.8 Å². The third-order valence-corrected chi connectivity index (χ3v) is 6.40. The van der Waals surface area contributed by atoms with Crippen LogP contribution in [0.3, 0.4) is 0 Å². The molecule has 0 unspecified atom stereocenters. The fourth-order valence-electron chi connectivity index (χ4n) is 4.81. The van der Waals surface area contributed by atoms with Crippen molar-refractivity contribution >= 4 is 25.9 Å². The van der Waals surface area contributed by atoms with Crippen molar-refractivity contribution in [3.05, 3.63) is 0 Å². The third-order valence-electron chi connectivity index (χ3n) is 6.40. The fourth-order valence-corrected chi connectivity index (χ4v) is 4.81. The number of rotatable bonds is 12. The normalized spacial score (nSPS) is 43.0. The summed E-state index contributed by atoms with van der Waals surface area (Å²) in [5.41, 5.74) is 0. The van der Waals surface area contributed by atoms with Crippen molar-refractivity contribution in [2.75, 3.05) is 0 Å². The van der Waals surface area contributed by atoms with Crippen LogP contribution in [0, 0.1) is 0 Å². The summed E-state index contributed by atoms with van der Waals surface area (Å²) in [4.78, 5) is 43.9. The summed E-state index contributed by atoms with van der Waals surface area (Å²) in [6.45, 7) is 6.05. The Labute approximate surface area is 207 Å². The van der Waals surface area contributed by atoms with Crippen molar-refractivity contribution in [1.29, 1.82) is 0 Å². The molecule has 0 saturated carbocycles. The number of aliphatic hydroxyl groups excluding tert-OH is 1. The molecule has 36 heavy (non-hydrogen) atoms. The van der Waals surface area contributed by atoms with E-state index in [1.807, 2.05) is 0 Å². The van der Waals surface area contributed by atoms with E-state index in [1.54, 1.807) is 20.8 Å². The Hall–Kier alpha value is -2.36. The van der Waals surface area contributed by atoms with Gasteiger partial charge in [0, 0.05) is 19.3 Å². The zero-order valence-electron chi connectivity index (χ0n) is 20.1. The maximum atomic E-state index is 11.2. The van der Waals surface area contributed by atoms with Gasteiger partial charge in [0.1, 0.15) is 30.5 Å². The van der Waals surface area contributed by atoms with Gasteiger partial charge < -0.3 is 47.7 Å². The van der Waals surface area contributed by atoms with E-state index < -0.39 is 73.8 Å². The molecule has 0 bridgehead atoms. The van der Waals surface area contributed by atoms with Gasteiger partial charge in [-0.25, -0.2) is 0 Å². The fraction of sp³-hybridized carbons (Fsp3) is 0.818. The monoisotopic (exact) mass is 520 g/mol. The predicted octanol–water partition coefficient (Wildman–Crippen LogP) is -0.680. The lowest BCUT2D eigenvalue weighted by Crippen LogP contribution is -2.57. The molecular weight excluding hydrogens is 488 g/mol. The summed E-state index contributed by atoms with van der Waals surface area (Å²) in [6.07, 6.45) is -9.38. The Morgan fingerprint density at radius 1 is 0.583 bits per heavy atom. The molecule has 1 N–H and O–H groups in total. The van der Waals surface area contributed by atoms with Crippen molar-refractivity contribution in [2.24, 2.45) is 0 Å². The van der Waals surface area contributed by atoms with Crippen LogP contribution in [0.5, 0.6) is 0 Å². The second-order valence-corrected chi connectivity index (χ2v) is 8.76. The molecule has 14 nitrogen and oxygen atoms in total. The van der Waals surface area contributed by atoms with Crippen LogP contribution in [0.25, 0.3) is 0 Å².